The Labute approximate surface area is 130 Å². The molecule has 5 heteroatoms. The summed E-state index contributed by atoms with van der Waals surface area (Å²) < 4.78 is 20.6. The van der Waals surface area contributed by atoms with Gasteiger partial charge >= 0.3 is 0 Å². The summed E-state index contributed by atoms with van der Waals surface area (Å²) in [4.78, 5) is 0. The van der Waals surface area contributed by atoms with Crippen molar-refractivity contribution in [2.75, 3.05) is 11.9 Å². The minimum Gasteiger partial charge on any atom is -0.488 e. The Kier molecular flexibility index (Phi) is 3.80. The van der Waals surface area contributed by atoms with E-state index in [4.69, 9.17) is 10.00 Å². The second-order valence-corrected chi connectivity index (χ2v) is 5.80. The van der Waals surface area contributed by atoms with E-state index >= 15 is 0 Å². The third-order valence-electron chi connectivity index (χ3n) is 3.38. The quantitative estimate of drug-likeness (QED) is 0.917. The highest BCUT2D eigenvalue weighted by atomic mass is 79.9. The maximum absolute atomic E-state index is 13.8. The summed E-state index contributed by atoms with van der Waals surface area (Å²) in [6.45, 7) is 0.509. The Balaban J connectivity index is 1.64. The second-order valence-electron chi connectivity index (χ2n) is 4.88. The zero-order valence-corrected chi connectivity index (χ0v) is 12.7. The molecule has 0 radical (unpaired) electrons. The molecule has 0 aliphatic carbocycles. The van der Waals surface area contributed by atoms with Gasteiger partial charge in [0.2, 0.25) is 0 Å². The maximum Gasteiger partial charge on any atom is 0.147 e. The molecule has 1 heterocycles. The number of hydrogen-bond donors (Lipinski definition) is 1. The molecule has 3 rings (SSSR count). The predicted molar refractivity (Wildman–Crippen MR) is 81.9 cm³/mol. The van der Waals surface area contributed by atoms with Crippen LogP contribution in [-0.4, -0.2) is 12.6 Å². The smallest absolute Gasteiger partial charge is 0.147 e. The Morgan fingerprint density at radius 3 is 2.95 bits per heavy atom. The molecule has 1 aliphatic heterocycles. The molecule has 1 unspecified atom stereocenters. The number of nitrogens with one attached hydrogen (secondary N) is 1. The van der Waals surface area contributed by atoms with Gasteiger partial charge < -0.3 is 10.1 Å². The number of halogens is 2. The SMILES string of the molecule is N#Cc1ccc(NCC2Cc3cc(Br)ccc3O2)c(F)c1. The molecule has 0 bridgehead atoms. The van der Waals surface area contributed by atoms with Crippen LogP contribution in [0.25, 0.3) is 0 Å². The Bertz CT molecular complexity index is 727. The van der Waals surface area contributed by atoms with E-state index in [0.29, 0.717) is 17.8 Å². The average molecular weight is 347 g/mol. The first-order chi connectivity index (χ1) is 10.2. The van der Waals surface area contributed by atoms with Crippen LogP contribution < -0.4 is 10.1 Å². The monoisotopic (exact) mass is 346 g/mol. The first-order valence-electron chi connectivity index (χ1n) is 6.54. The Morgan fingerprint density at radius 2 is 2.19 bits per heavy atom. The van der Waals surface area contributed by atoms with Gasteiger partial charge in [0.25, 0.3) is 0 Å². The lowest BCUT2D eigenvalue weighted by Crippen LogP contribution is -2.24. The normalized spacial score (nSPS) is 16.0. The van der Waals surface area contributed by atoms with Crippen LogP contribution in [0.4, 0.5) is 10.1 Å². The fourth-order valence-corrected chi connectivity index (χ4v) is 2.76. The molecular formula is C16H12BrFN2O. The van der Waals surface area contributed by atoms with E-state index in [-0.39, 0.29) is 6.10 Å². The second kappa shape index (κ2) is 5.74. The topological polar surface area (TPSA) is 45.0 Å². The number of anilines is 1. The number of ether oxygens (including phenoxy) is 1. The van der Waals surface area contributed by atoms with Gasteiger partial charge in [-0.05, 0) is 42.0 Å². The van der Waals surface area contributed by atoms with E-state index in [0.717, 1.165) is 22.2 Å². The predicted octanol–water partition coefficient (Wildman–Crippen LogP) is 3.88. The van der Waals surface area contributed by atoms with Gasteiger partial charge in [-0.15, -0.1) is 0 Å². The van der Waals surface area contributed by atoms with Crippen molar-refractivity contribution in [1.82, 2.24) is 0 Å². The number of hydrogen-bond acceptors (Lipinski definition) is 3. The summed E-state index contributed by atoms with van der Waals surface area (Å²) in [5.74, 6) is 0.456. The zero-order valence-electron chi connectivity index (χ0n) is 11.1. The van der Waals surface area contributed by atoms with E-state index in [1.165, 1.54) is 6.07 Å². The molecule has 1 aliphatic rings. The highest BCUT2D eigenvalue weighted by Crippen LogP contribution is 2.31. The van der Waals surface area contributed by atoms with E-state index in [9.17, 15) is 4.39 Å². The molecule has 0 fully saturated rings. The van der Waals surface area contributed by atoms with Crippen LogP contribution in [-0.2, 0) is 6.42 Å². The maximum atomic E-state index is 13.8. The molecule has 0 spiro atoms. The summed E-state index contributed by atoms with van der Waals surface area (Å²) in [6.07, 6.45) is 0.768. The van der Waals surface area contributed by atoms with Crippen LogP contribution in [0, 0.1) is 17.1 Å². The molecule has 2 aromatic rings. The van der Waals surface area contributed by atoms with Crippen LogP contribution >= 0.6 is 15.9 Å². The van der Waals surface area contributed by atoms with Crippen molar-refractivity contribution < 1.29 is 9.13 Å². The molecular weight excluding hydrogens is 335 g/mol. The minimum atomic E-state index is -0.424. The van der Waals surface area contributed by atoms with E-state index in [2.05, 4.69) is 21.2 Å². The zero-order chi connectivity index (χ0) is 14.8. The van der Waals surface area contributed by atoms with E-state index in [1.54, 1.807) is 12.1 Å². The van der Waals surface area contributed by atoms with Gasteiger partial charge in [0, 0.05) is 10.9 Å². The molecule has 0 saturated carbocycles. The van der Waals surface area contributed by atoms with Gasteiger partial charge in [-0.1, -0.05) is 15.9 Å². The molecule has 0 aromatic heterocycles. The lowest BCUT2D eigenvalue weighted by molar-refractivity contribution is 0.246. The molecule has 3 nitrogen and oxygen atoms in total. The molecule has 0 saturated heterocycles. The summed E-state index contributed by atoms with van der Waals surface area (Å²) in [6, 6.07) is 12.2. The van der Waals surface area contributed by atoms with Gasteiger partial charge in [-0.25, -0.2) is 4.39 Å². The molecule has 1 N–H and O–H groups in total. The third kappa shape index (κ3) is 3.01. The van der Waals surface area contributed by atoms with Crippen molar-refractivity contribution in [2.45, 2.75) is 12.5 Å². The van der Waals surface area contributed by atoms with Gasteiger partial charge in [0.1, 0.15) is 17.7 Å². The van der Waals surface area contributed by atoms with Crippen molar-refractivity contribution >= 4 is 21.6 Å². The average Bonchev–Trinajstić information content (AvgIpc) is 2.87. The van der Waals surface area contributed by atoms with E-state index in [1.807, 2.05) is 24.3 Å². The molecule has 21 heavy (non-hydrogen) atoms. The highest BCUT2D eigenvalue weighted by molar-refractivity contribution is 9.10. The highest BCUT2D eigenvalue weighted by Gasteiger charge is 2.22. The summed E-state index contributed by atoms with van der Waals surface area (Å²) in [7, 11) is 0. The van der Waals surface area contributed by atoms with Crippen molar-refractivity contribution in [3.05, 3.63) is 57.8 Å². The Morgan fingerprint density at radius 1 is 1.33 bits per heavy atom. The summed E-state index contributed by atoms with van der Waals surface area (Å²) in [5, 5.41) is 11.8. The number of nitrogens with zero attached hydrogens (tertiary/aromatic N) is 1. The Hall–Kier alpha value is -2.06. The standard InChI is InChI=1S/C16H12BrFN2O/c17-12-2-4-16-11(6-12)7-13(21-16)9-20-15-3-1-10(8-19)5-14(15)18/h1-6,13,20H,7,9H2. The van der Waals surface area contributed by atoms with Crippen LogP contribution in [0.1, 0.15) is 11.1 Å². The molecule has 106 valence electrons. The van der Waals surface area contributed by atoms with Crippen LogP contribution in [0.15, 0.2) is 40.9 Å². The first kappa shape index (κ1) is 13.9. The van der Waals surface area contributed by atoms with Crippen LogP contribution in [0.3, 0.4) is 0 Å². The van der Waals surface area contributed by atoms with Gasteiger partial charge in [-0.2, -0.15) is 5.26 Å². The first-order valence-corrected chi connectivity index (χ1v) is 7.33. The van der Waals surface area contributed by atoms with Crippen molar-refractivity contribution in [1.29, 1.82) is 5.26 Å². The molecule has 0 amide bonds. The fourth-order valence-electron chi connectivity index (χ4n) is 2.35. The summed E-state index contributed by atoms with van der Waals surface area (Å²) in [5.41, 5.74) is 1.85. The number of nitriles is 1. The van der Waals surface area contributed by atoms with Gasteiger partial charge in [0.05, 0.1) is 23.9 Å². The fraction of sp³-hybridized carbons (Fsp3) is 0.188. The number of fused-ring (bicyclic) bond motifs is 1. The van der Waals surface area contributed by atoms with Crippen molar-refractivity contribution in [3.8, 4) is 11.8 Å². The lowest BCUT2D eigenvalue weighted by Gasteiger charge is -2.13. The van der Waals surface area contributed by atoms with Crippen LogP contribution in [0.5, 0.6) is 5.75 Å². The van der Waals surface area contributed by atoms with E-state index < -0.39 is 5.82 Å². The molecule has 2 aromatic carbocycles. The van der Waals surface area contributed by atoms with Gasteiger partial charge in [0.15, 0.2) is 0 Å². The number of rotatable bonds is 3. The molecule has 1 atom stereocenters. The number of benzene rings is 2. The third-order valence-corrected chi connectivity index (χ3v) is 3.88. The summed E-state index contributed by atoms with van der Waals surface area (Å²) >= 11 is 3.44. The van der Waals surface area contributed by atoms with Crippen LogP contribution in [0.2, 0.25) is 0 Å². The lowest BCUT2D eigenvalue weighted by atomic mass is 10.1. The largest absolute Gasteiger partial charge is 0.488 e. The van der Waals surface area contributed by atoms with Gasteiger partial charge in [-0.3, -0.25) is 0 Å². The minimum absolute atomic E-state index is 0.0238. The van der Waals surface area contributed by atoms with Crippen molar-refractivity contribution in [3.63, 3.8) is 0 Å². The van der Waals surface area contributed by atoms with Crippen molar-refractivity contribution in [2.24, 2.45) is 0 Å².